The van der Waals surface area contributed by atoms with Gasteiger partial charge in [-0.15, -0.1) is 11.3 Å². The topological polar surface area (TPSA) is 33.5 Å². The predicted molar refractivity (Wildman–Crippen MR) is 85.4 cm³/mol. The van der Waals surface area contributed by atoms with Gasteiger partial charge in [0.1, 0.15) is 6.54 Å². The quantitative estimate of drug-likeness (QED) is 0.883. The Bertz CT molecular complexity index is 609. The maximum absolute atomic E-state index is 12.2. The van der Waals surface area contributed by atoms with Gasteiger partial charge in [-0.25, -0.2) is 0 Å². The second-order valence-corrected chi connectivity index (χ2v) is 6.66. The van der Waals surface area contributed by atoms with Crippen LogP contribution >= 0.6 is 11.3 Å². The van der Waals surface area contributed by atoms with E-state index in [2.05, 4.69) is 35.6 Å². The first kappa shape index (κ1) is 14.3. The highest BCUT2D eigenvalue weighted by molar-refractivity contribution is 7.10. The molecule has 1 unspecified atom stereocenters. The van der Waals surface area contributed by atoms with Crippen LogP contribution in [0.25, 0.3) is 0 Å². The van der Waals surface area contributed by atoms with Gasteiger partial charge in [0.05, 0.1) is 12.6 Å². The molecule has 2 aromatic rings. The minimum atomic E-state index is 0.106. The Hall–Kier alpha value is -1.65. The van der Waals surface area contributed by atoms with Crippen LogP contribution in [0.4, 0.5) is 0 Å². The number of hydrogen-bond donors (Lipinski definition) is 2. The highest BCUT2D eigenvalue weighted by Gasteiger charge is 2.22. The lowest BCUT2D eigenvalue weighted by molar-refractivity contribution is -0.908. The third-order valence-electron chi connectivity index (χ3n) is 4.06. The molecule has 2 N–H and O–H groups in total. The van der Waals surface area contributed by atoms with E-state index in [1.165, 1.54) is 20.9 Å². The molecule has 3 nitrogen and oxygen atoms in total. The fourth-order valence-corrected chi connectivity index (χ4v) is 3.66. The number of fused-ring (bicyclic) bond motifs is 1. The molecular weight excluding hydrogens is 280 g/mol. The van der Waals surface area contributed by atoms with Crippen molar-refractivity contribution < 1.29 is 9.69 Å². The van der Waals surface area contributed by atoms with Gasteiger partial charge in [-0.1, -0.05) is 30.3 Å². The van der Waals surface area contributed by atoms with Gasteiger partial charge in [0.2, 0.25) is 0 Å². The Morgan fingerprint density at radius 1 is 1.29 bits per heavy atom. The zero-order chi connectivity index (χ0) is 14.7. The number of thiophene rings is 1. The van der Waals surface area contributed by atoms with Crippen LogP contribution in [0.15, 0.2) is 41.8 Å². The summed E-state index contributed by atoms with van der Waals surface area (Å²) in [6, 6.07) is 12.8. The molecular formula is C17H21N2OS+. The lowest BCUT2D eigenvalue weighted by Gasteiger charge is -2.25. The summed E-state index contributed by atoms with van der Waals surface area (Å²) >= 11 is 1.69. The Labute approximate surface area is 129 Å². The third-order valence-corrected chi connectivity index (χ3v) is 5.12. The molecule has 2 heterocycles. The Morgan fingerprint density at radius 3 is 2.86 bits per heavy atom. The first-order valence-electron chi connectivity index (χ1n) is 7.45. The summed E-state index contributed by atoms with van der Waals surface area (Å²) in [7, 11) is 0. The van der Waals surface area contributed by atoms with Gasteiger partial charge in [-0.3, -0.25) is 4.79 Å². The highest BCUT2D eigenvalue weighted by Crippen LogP contribution is 2.17. The number of carbonyl (C=O) groups is 1. The molecule has 0 bridgehead atoms. The molecule has 110 valence electrons. The second kappa shape index (κ2) is 6.41. The van der Waals surface area contributed by atoms with Gasteiger partial charge >= 0.3 is 0 Å². The first-order chi connectivity index (χ1) is 10.2. The van der Waals surface area contributed by atoms with Gasteiger partial charge in [0.25, 0.3) is 5.91 Å². The van der Waals surface area contributed by atoms with E-state index in [1.54, 1.807) is 11.3 Å². The van der Waals surface area contributed by atoms with Crippen molar-refractivity contribution in [3.8, 4) is 0 Å². The fourth-order valence-electron chi connectivity index (χ4n) is 2.92. The van der Waals surface area contributed by atoms with E-state index in [0.717, 1.165) is 19.5 Å². The van der Waals surface area contributed by atoms with E-state index < -0.39 is 0 Å². The molecule has 1 amide bonds. The predicted octanol–water partition coefficient (Wildman–Crippen LogP) is 1.57. The van der Waals surface area contributed by atoms with Crippen molar-refractivity contribution >= 4 is 17.2 Å². The fraction of sp³-hybridized carbons (Fsp3) is 0.353. The molecule has 0 saturated heterocycles. The van der Waals surface area contributed by atoms with Crippen molar-refractivity contribution in [2.45, 2.75) is 25.9 Å². The number of quaternary nitrogens is 1. The van der Waals surface area contributed by atoms with Crippen LogP contribution in [0.2, 0.25) is 0 Å². The van der Waals surface area contributed by atoms with Crippen LogP contribution in [0.3, 0.4) is 0 Å². The molecule has 1 aromatic carbocycles. The van der Waals surface area contributed by atoms with E-state index in [0.29, 0.717) is 6.54 Å². The maximum atomic E-state index is 12.2. The van der Waals surface area contributed by atoms with Gasteiger partial charge in [-0.2, -0.15) is 0 Å². The molecule has 0 saturated carbocycles. The summed E-state index contributed by atoms with van der Waals surface area (Å²) in [6.45, 7) is 4.60. The van der Waals surface area contributed by atoms with E-state index in [-0.39, 0.29) is 11.9 Å². The molecule has 0 spiro atoms. The number of carbonyl (C=O) groups excluding carboxylic acids is 1. The van der Waals surface area contributed by atoms with Gasteiger partial charge < -0.3 is 10.2 Å². The number of nitrogens with one attached hydrogen (secondary N) is 2. The summed E-state index contributed by atoms with van der Waals surface area (Å²) < 4.78 is 0. The monoisotopic (exact) mass is 301 g/mol. The van der Waals surface area contributed by atoms with Crippen molar-refractivity contribution in [1.82, 2.24) is 5.32 Å². The Balaban J connectivity index is 1.54. The average molecular weight is 301 g/mol. The molecule has 1 aliphatic rings. The van der Waals surface area contributed by atoms with Crippen LogP contribution < -0.4 is 10.2 Å². The molecule has 4 heteroatoms. The molecule has 0 fully saturated rings. The summed E-state index contributed by atoms with van der Waals surface area (Å²) in [4.78, 5) is 14.8. The smallest absolute Gasteiger partial charge is 0.275 e. The van der Waals surface area contributed by atoms with Crippen LogP contribution in [-0.4, -0.2) is 19.0 Å². The molecule has 1 aromatic heterocycles. The molecule has 2 atom stereocenters. The Kier molecular flexibility index (Phi) is 4.36. The molecule has 1 aliphatic heterocycles. The number of benzene rings is 1. The molecule has 0 aliphatic carbocycles. The lowest BCUT2D eigenvalue weighted by atomic mass is 10.00. The standard InChI is InChI=1S/C17H20N2OS/c1-13(16-7-4-10-21-16)18-17(20)12-19-9-8-14-5-2-3-6-15(14)11-19/h2-7,10,13H,8-9,11-12H2,1H3,(H,18,20)/p+1/t13-/m0/s1. The van der Waals surface area contributed by atoms with E-state index in [9.17, 15) is 4.79 Å². The maximum Gasteiger partial charge on any atom is 0.275 e. The van der Waals surface area contributed by atoms with E-state index >= 15 is 0 Å². The summed E-state index contributed by atoms with van der Waals surface area (Å²) in [6.07, 6.45) is 1.07. The van der Waals surface area contributed by atoms with Crippen LogP contribution in [0.1, 0.15) is 29.0 Å². The minimum absolute atomic E-state index is 0.106. The zero-order valence-corrected chi connectivity index (χ0v) is 13.1. The SMILES string of the molecule is C[C@H](NC(=O)C[NH+]1CCc2ccccc2C1)c1cccs1. The highest BCUT2D eigenvalue weighted by atomic mass is 32.1. The van der Waals surface area contributed by atoms with E-state index in [4.69, 9.17) is 0 Å². The molecule has 0 radical (unpaired) electrons. The first-order valence-corrected chi connectivity index (χ1v) is 8.33. The van der Waals surface area contributed by atoms with Crippen LogP contribution in [-0.2, 0) is 17.8 Å². The summed E-state index contributed by atoms with van der Waals surface area (Å²) in [5.74, 6) is 0.144. The van der Waals surface area contributed by atoms with Crippen LogP contribution in [0.5, 0.6) is 0 Å². The summed E-state index contributed by atoms with van der Waals surface area (Å²) in [5, 5.41) is 5.15. The molecule has 21 heavy (non-hydrogen) atoms. The van der Waals surface area contributed by atoms with Crippen molar-refractivity contribution in [2.24, 2.45) is 0 Å². The van der Waals surface area contributed by atoms with Crippen molar-refractivity contribution in [3.05, 3.63) is 57.8 Å². The largest absolute Gasteiger partial charge is 0.344 e. The van der Waals surface area contributed by atoms with Crippen molar-refractivity contribution in [2.75, 3.05) is 13.1 Å². The van der Waals surface area contributed by atoms with Crippen molar-refractivity contribution in [1.29, 1.82) is 0 Å². The number of hydrogen-bond acceptors (Lipinski definition) is 2. The normalized spacial score (nSPS) is 18.8. The Morgan fingerprint density at radius 2 is 2.10 bits per heavy atom. The van der Waals surface area contributed by atoms with E-state index in [1.807, 2.05) is 18.4 Å². The zero-order valence-electron chi connectivity index (χ0n) is 12.3. The minimum Gasteiger partial charge on any atom is -0.344 e. The van der Waals surface area contributed by atoms with Gasteiger partial charge in [-0.05, 0) is 23.9 Å². The number of rotatable bonds is 4. The van der Waals surface area contributed by atoms with Crippen LogP contribution in [0, 0.1) is 0 Å². The molecule has 3 rings (SSSR count). The number of amides is 1. The third kappa shape index (κ3) is 3.52. The second-order valence-electron chi connectivity index (χ2n) is 5.68. The van der Waals surface area contributed by atoms with Gasteiger partial charge in [0, 0.05) is 16.9 Å². The lowest BCUT2D eigenvalue weighted by Crippen LogP contribution is -3.12. The van der Waals surface area contributed by atoms with Gasteiger partial charge in [0.15, 0.2) is 6.54 Å². The summed E-state index contributed by atoms with van der Waals surface area (Å²) in [5.41, 5.74) is 2.83. The van der Waals surface area contributed by atoms with Crippen molar-refractivity contribution in [3.63, 3.8) is 0 Å². The average Bonchev–Trinajstić information content (AvgIpc) is 3.01.